The molecule has 2 atom stereocenters. The van der Waals surface area contributed by atoms with E-state index in [1.165, 1.54) is 12.1 Å². The molecule has 7 rings (SSSR count). The van der Waals surface area contributed by atoms with E-state index in [2.05, 4.69) is 36.4 Å². The molecule has 0 N–H and O–H groups in total. The molecule has 2 nitrogen and oxygen atoms in total. The van der Waals surface area contributed by atoms with Crippen molar-refractivity contribution in [2.75, 3.05) is 0 Å². The van der Waals surface area contributed by atoms with Gasteiger partial charge in [-0.25, -0.2) is 0 Å². The molecule has 38 heavy (non-hydrogen) atoms. The van der Waals surface area contributed by atoms with Crippen LogP contribution in [-0.4, -0.2) is 0 Å². The van der Waals surface area contributed by atoms with Crippen LogP contribution in [0.4, 0.5) is 13.2 Å². The van der Waals surface area contributed by atoms with Crippen molar-refractivity contribution in [1.29, 1.82) is 0 Å². The van der Waals surface area contributed by atoms with Gasteiger partial charge in [0.05, 0.1) is 11.2 Å². The second kappa shape index (κ2) is 8.96. The van der Waals surface area contributed by atoms with Gasteiger partial charge in [-0.1, -0.05) is 79.2 Å². The molecule has 1 aromatic heterocycles. The second-order valence-electron chi connectivity index (χ2n) is 10.0. The van der Waals surface area contributed by atoms with E-state index in [1.54, 1.807) is 12.1 Å². The summed E-state index contributed by atoms with van der Waals surface area (Å²) in [6, 6.07) is 30.5. The number of rotatable bonds is 2. The first-order valence-electron chi connectivity index (χ1n) is 12.8. The van der Waals surface area contributed by atoms with Crippen molar-refractivity contribution in [3.63, 3.8) is 0 Å². The molecule has 1 saturated carbocycles. The first kappa shape index (κ1) is 23.4. The van der Waals surface area contributed by atoms with E-state index in [4.69, 9.17) is 8.39 Å². The van der Waals surface area contributed by atoms with Crippen LogP contribution in [0.1, 0.15) is 42.0 Å². The highest BCUT2D eigenvalue weighted by Crippen LogP contribution is 2.58. The van der Waals surface area contributed by atoms with Gasteiger partial charge in [0.15, 0.2) is 0 Å². The molecule has 5 aromatic carbocycles. The van der Waals surface area contributed by atoms with Crippen LogP contribution in [0, 0.1) is 0 Å². The van der Waals surface area contributed by atoms with Crippen LogP contribution in [0.15, 0.2) is 105 Å². The van der Waals surface area contributed by atoms with Gasteiger partial charge in [-0.15, -0.1) is 0 Å². The summed E-state index contributed by atoms with van der Waals surface area (Å²) in [5.74, 6) is 0.0781. The normalized spacial score (nSPS) is 18.1. The molecule has 0 saturated heterocycles. The van der Waals surface area contributed by atoms with Gasteiger partial charge in [-0.3, -0.25) is 0 Å². The van der Waals surface area contributed by atoms with Gasteiger partial charge in [0, 0.05) is 10.8 Å². The van der Waals surface area contributed by atoms with Crippen molar-refractivity contribution in [2.24, 2.45) is 0 Å². The summed E-state index contributed by atoms with van der Waals surface area (Å²) in [6.45, 7) is 0. The van der Waals surface area contributed by atoms with Crippen LogP contribution in [0.25, 0.3) is 43.5 Å². The SMILES string of the molecule is FC(F)(F)c1ccc([C@@H]2CCC[C@@H]2p2oc3ccc4ccccc4c3c3c(ccc4ccccc43)o2)cc1. The maximum Gasteiger partial charge on any atom is 0.416 e. The Kier molecular flexibility index (Phi) is 5.52. The second-order valence-corrected chi connectivity index (χ2v) is 11.6. The Morgan fingerprint density at radius 1 is 0.632 bits per heavy atom. The van der Waals surface area contributed by atoms with Gasteiger partial charge in [0.25, 0.3) is 0 Å². The first-order valence-corrected chi connectivity index (χ1v) is 14.1. The Hall–Kier alpha value is -3.69. The lowest BCUT2D eigenvalue weighted by atomic mass is 9.96. The van der Waals surface area contributed by atoms with Gasteiger partial charge < -0.3 is 8.39 Å². The van der Waals surface area contributed by atoms with Crippen molar-refractivity contribution in [3.8, 4) is 0 Å². The van der Waals surface area contributed by atoms with E-state index in [-0.39, 0.29) is 11.6 Å². The molecule has 1 aliphatic carbocycles. The van der Waals surface area contributed by atoms with E-state index in [0.717, 1.165) is 68.3 Å². The Morgan fingerprint density at radius 2 is 1.18 bits per heavy atom. The molecule has 0 unspecified atom stereocenters. The summed E-state index contributed by atoms with van der Waals surface area (Å²) in [5.41, 5.74) is 1.95. The van der Waals surface area contributed by atoms with Gasteiger partial charge >= 0.3 is 6.18 Å². The fourth-order valence-corrected chi connectivity index (χ4v) is 8.03. The van der Waals surface area contributed by atoms with Crippen LogP contribution in [0.3, 0.4) is 0 Å². The highest BCUT2D eigenvalue weighted by molar-refractivity contribution is 7.37. The van der Waals surface area contributed by atoms with Crippen LogP contribution in [0.5, 0.6) is 0 Å². The van der Waals surface area contributed by atoms with Crippen molar-refractivity contribution >= 4 is 51.5 Å². The predicted molar refractivity (Wildman–Crippen MR) is 148 cm³/mol. The summed E-state index contributed by atoms with van der Waals surface area (Å²) in [5, 5.41) is 6.53. The molecule has 0 bridgehead atoms. The zero-order valence-electron chi connectivity index (χ0n) is 20.4. The van der Waals surface area contributed by atoms with Gasteiger partial charge in [0.1, 0.15) is 11.2 Å². The topological polar surface area (TPSA) is 26.3 Å². The quantitative estimate of drug-likeness (QED) is 0.223. The van der Waals surface area contributed by atoms with E-state index >= 15 is 0 Å². The van der Waals surface area contributed by atoms with Crippen molar-refractivity contribution < 1.29 is 21.6 Å². The molecular weight excluding hydrogens is 504 g/mol. The molecule has 1 aliphatic rings. The molecule has 0 amide bonds. The molecule has 0 spiro atoms. The molecular formula is C32H24F3O2P. The average molecular weight is 529 g/mol. The number of benzene rings is 5. The Labute approximate surface area is 218 Å². The molecule has 1 fully saturated rings. The molecule has 0 aliphatic heterocycles. The van der Waals surface area contributed by atoms with E-state index in [9.17, 15) is 13.2 Å². The fourth-order valence-electron chi connectivity index (χ4n) is 6.02. The minimum absolute atomic E-state index is 0.0680. The lowest BCUT2D eigenvalue weighted by molar-refractivity contribution is -0.137. The smallest absolute Gasteiger partial charge is 0.416 e. The van der Waals surface area contributed by atoms with Crippen LogP contribution in [-0.2, 0) is 6.18 Å². The summed E-state index contributed by atoms with van der Waals surface area (Å²) >= 11 is 0. The maximum absolute atomic E-state index is 13.2. The fraction of sp³-hybridized carbons (Fsp3) is 0.188. The monoisotopic (exact) mass is 528 g/mol. The third kappa shape index (κ3) is 3.88. The predicted octanol–water partition coefficient (Wildman–Crippen LogP) is 11.1. The number of hydrogen-bond acceptors (Lipinski definition) is 2. The lowest BCUT2D eigenvalue weighted by Gasteiger charge is -2.18. The Bertz CT molecular complexity index is 1760. The summed E-state index contributed by atoms with van der Waals surface area (Å²) in [6.07, 6.45) is -1.55. The summed E-state index contributed by atoms with van der Waals surface area (Å²) in [7, 11) is -1.40. The van der Waals surface area contributed by atoms with Gasteiger partial charge in [0.2, 0.25) is 8.01 Å². The highest BCUT2D eigenvalue weighted by Gasteiger charge is 2.35. The number of fused-ring (bicyclic) bond motifs is 7. The average Bonchev–Trinajstić information content (AvgIpc) is 3.35. The molecule has 6 aromatic rings. The Balaban J connectivity index is 1.48. The zero-order chi connectivity index (χ0) is 25.9. The van der Waals surface area contributed by atoms with E-state index in [0.29, 0.717) is 0 Å². The van der Waals surface area contributed by atoms with Crippen molar-refractivity contribution in [1.82, 2.24) is 0 Å². The van der Waals surface area contributed by atoms with Crippen molar-refractivity contribution in [2.45, 2.75) is 37.0 Å². The Morgan fingerprint density at radius 3 is 1.74 bits per heavy atom. The van der Waals surface area contributed by atoms with Crippen LogP contribution < -0.4 is 0 Å². The summed E-state index contributed by atoms with van der Waals surface area (Å²) in [4.78, 5) is 0. The van der Waals surface area contributed by atoms with Gasteiger partial charge in [-0.05, 0) is 70.1 Å². The summed E-state index contributed by atoms with van der Waals surface area (Å²) < 4.78 is 53.1. The van der Waals surface area contributed by atoms with Crippen LogP contribution in [0.2, 0.25) is 0 Å². The molecule has 0 radical (unpaired) electrons. The number of hydrogen-bond donors (Lipinski definition) is 0. The van der Waals surface area contributed by atoms with E-state index in [1.807, 2.05) is 36.4 Å². The third-order valence-electron chi connectivity index (χ3n) is 7.82. The van der Waals surface area contributed by atoms with Gasteiger partial charge in [-0.2, -0.15) is 13.2 Å². The zero-order valence-corrected chi connectivity index (χ0v) is 21.3. The minimum atomic E-state index is -4.34. The molecule has 190 valence electrons. The number of halogens is 3. The largest absolute Gasteiger partial charge is 0.419 e. The third-order valence-corrected chi connectivity index (χ3v) is 9.74. The minimum Gasteiger partial charge on any atom is -0.419 e. The van der Waals surface area contributed by atoms with Crippen molar-refractivity contribution in [3.05, 3.63) is 108 Å². The molecule has 1 heterocycles. The number of alkyl halides is 3. The van der Waals surface area contributed by atoms with E-state index < -0.39 is 19.8 Å². The first-order chi connectivity index (χ1) is 18.5. The lowest BCUT2D eigenvalue weighted by Crippen LogP contribution is -2.06. The maximum atomic E-state index is 13.2. The highest BCUT2D eigenvalue weighted by atomic mass is 31.1. The molecule has 6 heteroatoms. The standard InChI is InChI=1S/C32H24F3O2P/c33-32(34,35)23-16-12-22(13-17-23)24-10-5-11-29(24)38-36-27-18-14-20-6-1-3-8-25(20)30(27)31-26-9-4-2-7-21(26)15-19-28(31)37-38/h1-4,6-9,12-19,24,29H,5,10-11H2/t24-,29-/m0/s1. The van der Waals surface area contributed by atoms with Crippen LogP contribution >= 0.6 is 8.01 Å².